The maximum absolute atomic E-state index is 13.4. The van der Waals surface area contributed by atoms with Crippen molar-refractivity contribution in [2.75, 3.05) is 7.05 Å². The molecule has 1 aliphatic carbocycles. The molecule has 0 spiro atoms. The highest BCUT2D eigenvalue weighted by Crippen LogP contribution is 2.35. The van der Waals surface area contributed by atoms with Crippen LogP contribution in [0, 0.1) is 0 Å². The lowest BCUT2D eigenvalue weighted by molar-refractivity contribution is 0.0696. The Balaban J connectivity index is 1.57. The van der Waals surface area contributed by atoms with Gasteiger partial charge in [-0.2, -0.15) is 0 Å². The third-order valence-corrected chi connectivity index (χ3v) is 7.10. The largest absolute Gasteiger partial charge is 0.339 e. The SMILES string of the molecule is CN(C(=O)c1cc(-c2cc3ccccc3s2)cc(-n2cnnn2)c1)C1CCCCC1. The zero-order valence-corrected chi connectivity index (χ0v) is 17.7. The molecule has 1 amide bonds. The minimum absolute atomic E-state index is 0.0548. The van der Waals surface area contributed by atoms with Gasteiger partial charge in [0.15, 0.2) is 0 Å². The summed E-state index contributed by atoms with van der Waals surface area (Å²) in [5.41, 5.74) is 2.46. The molecule has 1 aliphatic rings. The molecule has 2 aromatic carbocycles. The average Bonchev–Trinajstić information content (AvgIpc) is 3.48. The summed E-state index contributed by atoms with van der Waals surface area (Å²) in [6.07, 6.45) is 7.38. The molecule has 30 heavy (non-hydrogen) atoms. The van der Waals surface area contributed by atoms with Crippen LogP contribution in [0.15, 0.2) is 54.9 Å². The first-order chi connectivity index (χ1) is 14.7. The van der Waals surface area contributed by atoms with Gasteiger partial charge in [0.25, 0.3) is 5.91 Å². The van der Waals surface area contributed by atoms with Gasteiger partial charge < -0.3 is 4.90 Å². The number of hydrogen-bond donors (Lipinski definition) is 0. The molecule has 6 nitrogen and oxygen atoms in total. The zero-order chi connectivity index (χ0) is 20.5. The van der Waals surface area contributed by atoms with Gasteiger partial charge in [-0.3, -0.25) is 4.79 Å². The van der Waals surface area contributed by atoms with Gasteiger partial charge in [0, 0.05) is 28.2 Å². The van der Waals surface area contributed by atoms with Crippen molar-refractivity contribution in [3.05, 3.63) is 60.4 Å². The van der Waals surface area contributed by atoms with Crippen LogP contribution in [0.3, 0.4) is 0 Å². The van der Waals surface area contributed by atoms with Gasteiger partial charge in [-0.1, -0.05) is 37.5 Å². The third-order valence-electron chi connectivity index (χ3n) is 5.93. The first-order valence-electron chi connectivity index (χ1n) is 10.3. The standard InChI is InChI=1S/C23H23N5OS/c1-27(19-8-3-2-4-9-19)23(29)18-11-17(12-20(13-18)28-15-24-25-26-28)22-14-16-7-5-6-10-21(16)30-22/h5-7,10-15,19H,2-4,8-9H2,1H3. The van der Waals surface area contributed by atoms with Gasteiger partial charge in [0.1, 0.15) is 6.33 Å². The Hall–Kier alpha value is -3.06. The summed E-state index contributed by atoms with van der Waals surface area (Å²) in [6, 6.07) is 16.8. The molecule has 7 heteroatoms. The van der Waals surface area contributed by atoms with E-state index in [4.69, 9.17) is 0 Å². The summed E-state index contributed by atoms with van der Waals surface area (Å²) in [4.78, 5) is 16.4. The van der Waals surface area contributed by atoms with Crippen molar-refractivity contribution in [2.45, 2.75) is 38.1 Å². The van der Waals surface area contributed by atoms with E-state index in [9.17, 15) is 4.79 Å². The molecule has 2 heterocycles. The van der Waals surface area contributed by atoms with Crippen molar-refractivity contribution in [1.82, 2.24) is 25.1 Å². The first kappa shape index (κ1) is 18.9. The van der Waals surface area contributed by atoms with Crippen LogP contribution in [0.25, 0.3) is 26.2 Å². The van der Waals surface area contributed by atoms with E-state index in [0.717, 1.165) is 29.0 Å². The quantitative estimate of drug-likeness (QED) is 0.471. The van der Waals surface area contributed by atoms with Crippen molar-refractivity contribution >= 4 is 27.3 Å². The molecule has 5 rings (SSSR count). The molecular weight excluding hydrogens is 394 g/mol. The molecular formula is C23H23N5OS. The van der Waals surface area contributed by atoms with Gasteiger partial charge >= 0.3 is 0 Å². The third kappa shape index (κ3) is 3.61. The summed E-state index contributed by atoms with van der Waals surface area (Å²) in [7, 11) is 1.93. The van der Waals surface area contributed by atoms with Gasteiger partial charge in [0.2, 0.25) is 0 Å². The summed E-state index contributed by atoms with van der Waals surface area (Å²) in [5.74, 6) is 0.0548. The van der Waals surface area contributed by atoms with Crippen molar-refractivity contribution in [3.8, 4) is 16.1 Å². The molecule has 0 aliphatic heterocycles. The summed E-state index contributed by atoms with van der Waals surface area (Å²) < 4.78 is 2.83. The van der Waals surface area contributed by atoms with Crippen LogP contribution in [0.1, 0.15) is 42.5 Å². The van der Waals surface area contributed by atoms with E-state index in [0.29, 0.717) is 11.6 Å². The van der Waals surface area contributed by atoms with Crippen LogP contribution in [0.4, 0.5) is 0 Å². The van der Waals surface area contributed by atoms with Crippen molar-refractivity contribution in [1.29, 1.82) is 0 Å². The van der Waals surface area contributed by atoms with Crippen LogP contribution in [0.2, 0.25) is 0 Å². The lowest BCUT2D eigenvalue weighted by atomic mass is 9.94. The van der Waals surface area contributed by atoms with Crippen LogP contribution < -0.4 is 0 Å². The van der Waals surface area contributed by atoms with E-state index >= 15 is 0 Å². The number of benzene rings is 2. The number of thiophene rings is 1. The molecule has 0 saturated heterocycles. The topological polar surface area (TPSA) is 63.9 Å². The summed E-state index contributed by atoms with van der Waals surface area (Å²) >= 11 is 1.73. The molecule has 0 unspecified atom stereocenters. The highest BCUT2D eigenvalue weighted by Gasteiger charge is 2.24. The fraction of sp³-hybridized carbons (Fsp3) is 0.304. The highest BCUT2D eigenvalue weighted by molar-refractivity contribution is 7.22. The minimum atomic E-state index is 0.0548. The average molecular weight is 418 g/mol. The molecule has 1 saturated carbocycles. The number of carbonyl (C=O) groups excluding carboxylic acids is 1. The second kappa shape index (κ2) is 7.99. The molecule has 0 radical (unpaired) electrons. The number of nitrogens with zero attached hydrogens (tertiary/aromatic N) is 5. The lowest BCUT2D eigenvalue weighted by Crippen LogP contribution is -2.38. The number of carbonyl (C=O) groups is 1. The Kier molecular flexibility index (Phi) is 5.04. The van der Waals surface area contributed by atoms with Gasteiger partial charge in [-0.15, -0.1) is 16.4 Å². The number of rotatable bonds is 4. The van der Waals surface area contributed by atoms with Crippen LogP contribution in [-0.4, -0.2) is 44.1 Å². The number of amides is 1. The van der Waals surface area contributed by atoms with E-state index in [1.165, 1.54) is 29.3 Å². The van der Waals surface area contributed by atoms with E-state index in [2.05, 4.69) is 33.7 Å². The van der Waals surface area contributed by atoms with Gasteiger partial charge in [-0.05, 0) is 64.5 Å². The summed E-state index contributed by atoms with van der Waals surface area (Å²) in [6.45, 7) is 0. The maximum Gasteiger partial charge on any atom is 0.253 e. The first-order valence-corrected chi connectivity index (χ1v) is 11.2. The normalized spacial score (nSPS) is 14.8. The predicted octanol–water partition coefficient (Wildman–Crippen LogP) is 4.95. The molecule has 1 fully saturated rings. The van der Waals surface area contributed by atoms with E-state index in [-0.39, 0.29) is 5.91 Å². The zero-order valence-electron chi connectivity index (χ0n) is 16.9. The molecule has 152 valence electrons. The number of tetrazole rings is 1. The van der Waals surface area contributed by atoms with E-state index in [1.807, 2.05) is 42.3 Å². The van der Waals surface area contributed by atoms with E-state index in [1.54, 1.807) is 22.3 Å². The van der Waals surface area contributed by atoms with Crippen molar-refractivity contribution in [2.24, 2.45) is 0 Å². The van der Waals surface area contributed by atoms with Crippen LogP contribution in [-0.2, 0) is 0 Å². The number of aromatic nitrogens is 4. The molecule has 2 aromatic heterocycles. The Bertz CT molecular complexity index is 1140. The second-order valence-electron chi connectivity index (χ2n) is 7.88. The Morgan fingerprint density at radius 2 is 1.93 bits per heavy atom. The molecule has 0 atom stereocenters. The maximum atomic E-state index is 13.4. The van der Waals surface area contributed by atoms with Crippen LogP contribution >= 0.6 is 11.3 Å². The molecule has 0 bridgehead atoms. The monoisotopic (exact) mass is 417 g/mol. The minimum Gasteiger partial charge on any atom is -0.339 e. The van der Waals surface area contributed by atoms with Crippen LogP contribution in [0.5, 0.6) is 0 Å². The Labute approximate surface area is 179 Å². The second-order valence-corrected chi connectivity index (χ2v) is 8.96. The Morgan fingerprint density at radius 3 is 2.70 bits per heavy atom. The lowest BCUT2D eigenvalue weighted by Gasteiger charge is -2.31. The van der Waals surface area contributed by atoms with Crippen molar-refractivity contribution in [3.63, 3.8) is 0 Å². The molecule has 0 N–H and O–H groups in total. The van der Waals surface area contributed by atoms with Gasteiger partial charge in [0.05, 0.1) is 5.69 Å². The number of hydrogen-bond acceptors (Lipinski definition) is 5. The fourth-order valence-electron chi connectivity index (χ4n) is 4.25. The van der Waals surface area contributed by atoms with Crippen molar-refractivity contribution < 1.29 is 4.79 Å². The van der Waals surface area contributed by atoms with E-state index < -0.39 is 0 Å². The highest BCUT2D eigenvalue weighted by atomic mass is 32.1. The molecule has 4 aromatic rings. The fourth-order valence-corrected chi connectivity index (χ4v) is 5.30. The summed E-state index contributed by atoms with van der Waals surface area (Å²) in [5, 5.41) is 12.8. The predicted molar refractivity (Wildman–Crippen MR) is 119 cm³/mol. The van der Waals surface area contributed by atoms with Gasteiger partial charge in [-0.25, -0.2) is 4.68 Å². The smallest absolute Gasteiger partial charge is 0.253 e. The Morgan fingerprint density at radius 1 is 1.10 bits per heavy atom. The number of fused-ring (bicyclic) bond motifs is 1.